The fraction of sp³-hybridized carbons (Fsp3) is 0.600. The molecular weight excluding hydrogens is 208 g/mol. The zero-order chi connectivity index (χ0) is 11.5. The van der Waals surface area contributed by atoms with E-state index in [4.69, 9.17) is 5.84 Å². The van der Waals surface area contributed by atoms with Gasteiger partial charge in [0.05, 0.1) is 0 Å². The maximum atomic E-state index is 11.8. The Morgan fingerprint density at radius 1 is 1.31 bits per heavy atom. The predicted octanol–water partition coefficient (Wildman–Crippen LogP) is 0.327. The molecule has 1 aromatic heterocycles. The number of nitrogens with two attached hydrogens (primary N) is 1. The minimum Gasteiger partial charge on any atom is -0.310 e. The van der Waals surface area contributed by atoms with Crippen molar-refractivity contribution in [2.75, 3.05) is 5.43 Å². The van der Waals surface area contributed by atoms with Crippen molar-refractivity contribution in [2.45, 2.75) is 38.1 Å². The first-order valence-corrected chi connectivity index (χ1v) is 5.55. The first kappa shape index (κ1) is 10.9. The van der Waals surface area contributed by atoms with Gasteiger partial charge in [-0.05, 0) is 12.8 Å². The summed E-state index contributed by atoms with van der Waals surface area (Å²) in [6.07, 6.45) is 5.14. The number of hydrogen-bond donors (Lipinski definition) is 3. The number of nitrogen functional groups attached to an aromatic ring is 1. The van der Waals surface area contributed by atoms with Crippen molar-refractivity contribution in [3.05, 3.63) is 26.9 Å². The number of aromatic nitrogens is 2. The fourth-order valence-electron chi connectivity index (χ4n) is 2.27. The summed E-state index contributed by atoms with van der Waals surface area (Å²) < 4.78 is 1.31. The van der Waals surface area contributed by atoms with Crippen molar-refractivity contribution >= 4 is 5.82 Å². The molecule has 1 fully saturated rings. The van der Waals surface area contributed by atoms with Gasteiger partial charge in [0.25, 0.3) is 5.56 Å². The van der Waals surface area contributed by atoms with Crippen molar-refractivity contribution in [1.82, 2.24) is 9.55 Å². The van der Waals surface area contributed by atoms with Crippen LogP contribution in [0.2, 0.25) is 0 Å². The summed E-state index contributed by atoms with van der Waals surface area (Å²) in [5.74, 6) is 5.40. The smallest absolute Gasteiger partial charge is 0.310 e. The summed E-state index contributed by atoms with van der Waals surface area (Å²) in [6, 6.07) is 1.35. The first-order chi connectivity index (χ1) is 7.72. The van der Waals surface area contributed by atoms with E-state index in [2.05, 4.69) is 10.4 Å². The molecule has 2 rings (SSSR count). The minimum absolute atomic E-state index is 0.0387. The van der Waals surface area contributed by atoms with Crippen LogP contribution in [0.3, 0.4) is 0 Å². The van der Waals surface area contributed by atoms with E-state index in [0.29, 0.717) is 0 Å². The Morgan fingerprint density at radius 3 is 2.56 bits per heavy atom. The molecule has 1 heterocycles. The molecule has 4 N–H and O–H groups in total. The molecule has 0 radical (unpaired) electrons. The molecule has 0 spiro atoms. The third kappa shape index (κ3) is 2.01. The lowest BCUT2D eigenvalue weighted by Crippen LogP contribution is -2.39. The van der Waals surface area contributed by atoms with Crippen molar-refractivity contribution < 1.29 is 0 Å². The Balaban J connectivity index is 2.40. The predicted molar refractivity (Wildman–Crippen MR) is 61.3 cm³/mol. The lowest BCUT2D eigenvalue weighted by Gasteiger charge is -2.22. The zero-order valence-corrected chi connectivity index (χ0v) is 9.03. The molecule has 0 atom stereocenters. The highest BCUT2D eigenvalue weighted by atomic mass is 16.2. The number of hydrazine groups is 1. The second-order valence-corrected chi connectivity index (χ2v) is 4.13. The molecule has 0 aromatic carbocycles. The lowest BCUT2D eigenvalue weighted by molar-refractivity contribution is 0.336. The van der Waals surface area contributed by atoms with Gasteiger partial charge in [-0.2, -0.15) is 0 Å². The standard InChI is InChI=1S/C10H16N4O2/c11-13-8-6-9(15)14(10(16)12-8)7-4-2-1-3-5-7/h6-7,13H,1-5,11H2,(H,12,16). The molecule has 0 unspecified atom stereocenters. The monoisotopic (exact) mass is 224 g/mol. The van der Waals surface area contributed by atoms with Crippen LogP contribution in [-0.2, 0) is 0 Å². The molecule has 6 nitrogen and oxygen atoms in total. The molecule has 6 heteroatoms. The van der Waals surface area contributed by atoms with Crippen molar-refractivity contribution in [1.29, 1.82) is 0 Å². The second kappa shape index (κ2) is 4.52. The van der Waals surface area contributed by atoms with Crippen LogP contribution in [0.5, 0.6) is 0 Å². The van der Waals surface area contributed by atoms with Crippen LogP contribution in [0.15, 0.2) is 15.7 Å². The Hall–Kier alpha value is -1.56. The van der Waals surface area contributed by atoms with Gasteiger partial charge in [0.2, 0.25) is 0 Å². The number of anilines is 1. The Morgan fingerprint density at radius 2 is 2.00 bits per heavy atom. The lowest BCUT2D eigenvalue weighted by atomic mass is 9.95. The highest BCUT2D eigenvalue weighted by molar-refractivity contribution is 5.29. The van der Waals surface area contributed by atoms with Crippen LogP contribution in [-0.4, -0.2) is 9.55 Å². The van der Waals surface area contributed by atoms with E-state index in [1.165, 1.54) is 17.1 Å². The summed E-state index contributed by atoms with van der Waals surface area (Å²) in [4.78, 5) is 26.0. The van der Waals surface area contributed by atoms with Crippen molar-refractivity contribution in [2.24, 2.45) is 5.84 Å². The molecule has 1 aliphatic rings. The molecule has 0 aliphatic heterocycles. The molecule has 0 bridgehead atoms. The molecule has 0 amide bonds. The second-order valence-electron chi connectivity index (χ2n) is 4.13. The van der Waals surface area contributed by atoms with Gasteiger partial charge in [0.15, 0.2) is 0 Å². The molecule has 1 aromatic rings. The summed E-state index contributed by atoms with van der Waals surface area (Å²) in [5, 5.41) is 0. The quantitative estimate of drug-likeness (QED) is 0.498. The van der Waals surface area contributed by atoms with Gasteiger partial charge in [-0.1, -0.05) is 19.3 Å². The van der Waals surface area contributed by atoms with E-state index in [0.717, 1.165) is 25.7 Å². The number of nitrogens with zero attached hydrogens (tertiary/aromatic N) is 1. The molecule has 88 valence electrons. The van der Waals surface area contributed by atoms with Gasteiger partial charge >= 0.3 is 5.69 Å². The van der Waals surface area contributed by atoms with Gasteiger partial charge in [-0.3, -0.25) is 14.3 Å². The van der Waals surface area contributed by atoms with E-state index in [1.807, 2.05) is 0 Å². The minimum atomic E-state index is -0.382. The van der Waals surface area contributed by atoms with E-state index in [9.17, 15) is 9.59 Å². The fourth-order valence-corrected chi connectivity index (χ4v) is 2.27. The molecular formula is C10H16N4O2. The molecule has 1 saturated carbocycles. The normalized spacial score (nSPS) is 17.3. The van der Waals surface area contributed by atoms with E-state index < -0.39 is 0 Å². The molecule has 16 heavy (non-hydrogen) atoms. The number of hydrogen-bond acceptors (Lipinski definition) is 4. The third-order valence-corrected chi connectivity index (χ3v) is 3.06. The SMILES string of the molecule is NNc1cc(=O)n(C2CCCCC2)c(=O)[nH]1. The highest BCUT2D eigenvalue weighted by Crippen LogP contribution is 2.25. The third-order valence-electron chi connectivity index (χ3n) is 3.06. The van der Waals surface area contributed by atoms with Gasteiger partial charge in [-0.25, -0.2) is 10.6 Å². The van der Waals surface area contributed by atoms with Crippen molar-refractivity contribution in [3.8, 4) is 0 Å². The largest absolute Gasteiger partial charge is 0.330 e. The average molecular weight is 224 g/mol. The number of rotatable bonds is 2. The summed E-state index contributed by atoms with van der Waals surface area (Å²) >= 11 is 0. The van der Waals surface area contributed by atoms with Gasteiger partial charge in [0, 0.05) is 12.1 Å². The molecule has 1 aliphatic carbocycles. The molecule has 0 saturated heterocycles. The average Bonchev–Trinajstić information content (AvgIpc) is 2.29. The van der Waals surface area contributed by atoms with E-state index in [-0.39, 0.29) is 23.1 Å². The van der Waals surface area contributed by atoms with Gasteiger partial charge in [0.1, 0.15) is 5.82 Å². The Labute approximate surface area is 92.4 Å². The van der Waals surface area contributed by atoms with Crippen LogP contribution in [0.25, 0.3) is 0 Å². The summed E-state index contributed by atoms with van der Waals surface area (Å²) in [6.45, 7) is 0. The van der Waals surface area contributed by atoms with Crippen LogP contribution in [0.4, 0.5) is 5.82 Å². The van der Waals surface area contributed by atoms with E-state index >= 15 is 0 Å². The zero-order valence-electron chi connectivity index (χ0n) is 9.03. The number of nitrogens with one attached hydrogen (secondary N) is 2. The Bertz CT molecular complexity index is 439. The highest BCUT2D eigenvalue weighted by Gasteiger charge is 2.18. The van der Waals surface area contributed by atoms with Gasteiger partial charge < -0.3 is 5.43 Å². The number of aromatic amines is 1. The van der Waals surface area contributed by atoms with E-state index in [1.54, 1.807) is 0 Å². The first-order valence-electron chi connectivity index (χ1n) is 5.55. The maximum Gasteiger partial charge on any atom is 0.330 e. The summed E-state index contributed by atoms with van der Waals surface area (Å²) in [5.41, 5.74) is 1.60. The van der Waals surface area contributed by atoms with Crippen LogP contribution in [0, 0.1) is 0 Å². The van der Waals surface area contributed by atoms with Gasteiger partial charge in [-0.15, -0.1) is 0 Å². The topological polar surface area (TPSA) is 92.9 Å². The van der Waals surface area contributed by atoms with Crippen LogP contribution >= 0.6 is 0 Å². The van der Waals surface area contributed by atoms with Crippen LogP contribution in [0.1, 0.15) is 38.1 Å². The maximum absolute atomic E-state index is 11.8. The van der Waals surface area contributed by atoms with Crippen LogP contribution < -0.4 is 22.5 Å². The van der Waals surface area contributed by atoms with Crippen molar-refractivity contribution in [3.63, 3.8) is 0 Å². The summed E-state index contributed by atoms with van der Waals surface area (Å²) in [7, 11) is 0. The number of H-pyrrole nitrogens is 1. The Kier molecular flexibility index (Phi) is 3.09.